The van der Waals surface area contributed by atoms with Gasteiger partial charge in [0.25, 0.3) is 0 Å². The van der Waals surface area contributed by atoms with Crippen molar-refractivity contribution in [1.82, 2.24) is 10.2 Å². The third-order valence-corrected chi connectivity index (χ3v) is 7.88. The third kappa shape index (κ3) is 6.22. The minimum atomic E-state index is -0.778. The van der Waals surface area contributed by atoms with Crippen LogP contribution in [0.5, 0.6) is 11.5 Å². The number of ether oxygens (including phenoxy) is 2. The number of amides is 2. The molecule has 0 spiro atoms. The number of urea groups is 1. The molecule has 0 bridgehead atoms. The number of rotatable bonds is 6. The van der Waals surface area contributed by atoms with E-state index in [9.17, 15) is 9.59 Å². The number of nitrogens with zero attached hydrogens (tertiary/aromatic N) is 1. The second-order valence-electron chi connectivity index (χ2n) is 8.99. The van der Waals surface area contributed by atoms with Crippen LogP contribution in [-0.4, -0.2) is 37.1 Å². The van der Waals surface area contributed by atoms with Gasteiger partial charge in [-0.2, -0.15) is 0 Å². The summed E-state index contributed by atoms with van der Waals surface area (Å²) in [6.07, 6.45) is 0.944. The van der Waals surface area contributed by atoms with Crippen LogP contribution in [-0.2, 0) is 21.5 Å². The summed E-state index contributed by atoms with van der Waals surface area (Å²) in [5.41, 5.74) is 1.79. The first-order valence-corrected chi connectivity index (χ1v) is 13.4. The van der Waals surface area contributed by atoms with Crippen molar-refractivity contribution in [3.05, 3.63) is 91.9 Å². The number of hydrogen-bond donors (Lipinski definition) is 1. The summed E-state index contributed by atoms with van der Waals surface area (Å²) in [5, 5.41) is 4.16. The van der Waals surface area contributed by atoms with E-state index >= 15 is 0 Å². The van der Waals surface area contributed by atoms with Crippen LogP contribution in [0.4, 0.5) is 4.79 Å². The molecule has 0 saturated carbocycles. The largest absolute Gasteiger partial charge is 0.468 e. The molecule has 0 unspecified atom stereocenters. The molecule has 3 aromatic carbocycles. The molecule has 9 heteroatoms. The fraction of sp³-hybridized carbons (Fsp3) is 0.286. The topological polar surface area (TPSA) is 67.9 Å². The Kier molecular flexibility index (Phi) is 8.67. The summed E-state index contributed by atoms with van der Waals surface area (Å²) < 4.78 is 12.2. The molecule has 37 heavy (non-hydrogen) atoms. The van der Waals surface area contributed by atoms with E-state index in [1.165, 1.54) is 7.11 Å². The molecule has 1 aliphatic rings. The van der Waals surface area contributed by atoms with Crippen molar-refractivity contribution in [2.75, 3.05) is 20.2 Å². The van der Waals surface area contributed by atoms with Crippen LogP contribution in [0, 0.1) is 6.92 Å². The van der Waals surface area contributed by atoms with Gasteiger partial charge < -0.3 is 19.7 Å². The van der Waals surface area contributed by atoms with Gasteiger partial charge in [-0.15, -0.1) is 0 Å². The van der Waals surface area contributed by atoms with Gasteiger partial charge in [0.1, 0.15) is 11.5 Å². The Bertz CT molecular complexity index is 1290. The molecular formula is C28H27BrCl2N2O4. The molecule has 3 aromatic rings. The van der Waals surface area contributed by atoms with Crippen LogP contribution in [0.1, 0.15) is 29.5 Å². The van der Waals surface area contributed by atoms with E-state index in [1.54, 1.807) is 29.2 Å². The minimum absolute atomic E-state index is 0.211. The summed E-state index contributed by atoms with van der Waals surface area (Å²) in [4.78, 5) is 27.6. The van der Waals surface area contributed by atoms with Crippen molar-refractivity contribution < 1.29 is 19.1 Å². The molecule has 1 heterocycles. The summed E-state index contributed by atoms with van der Waals surface area (Å²) >= 11 is 15.8. The highest BCUT2D eigenvalue weighted by Crippen LogP contribution is 2.37. The van der Waals surface area contributed by atoms with E-state index in [4.69, 9.17) is 32.7 Å². The average Bonchev–Trinajstić information content (AvgIpc) is 2.90. The predicted octanol–water partition coefficient (Wildman–Crippen LogP) is 7.27. The number of carbonyl (C=O) groups is 2. The maximum Gasteiger partial charge on any atom is 0.317 e. The number of likely N-dealkylation sites (tertiary alicyclic amines) is 1. The monoisotopic (exact) mass is 604 g/mol. The number of carbonyl (C=O) groups excluding carboxylic acids is 2. The Morgan fingerprint density at radius 3 is 2.38 bits per heavy atom. The fourth-order valence-corrected chi connectivity index (χ4v) is 5.07. The lowest BCUT2D eigenvalue weighted by atomic mass is 9.73. The van der Waals surface area contributed by atoms with Gasteiger partial charge in [-0.25, -0.2) is 4.79 Å². The van der Waals surface area contributed by atoms with Gasteiger partial charge in [0.2, 0.25) is 0 Å². The molecule has 0 atom stereocenters. The van der Waals surface area contributed by atoms with Crippen molar-refractivity contribution in [2.45, 2.75) is 31.7 Å². The summed E-state index contributed by atoms with van der Waals surface area (Å²) in [7, 11) is 1.40. The van der Waals surface area contributed by atoms with Crippen molar-refractivity contribution in [1.29, 1.82) is 0 Å². The quantitative estimate of drug-likeness (QED) is 0.300. The highest BCUT2D eigenvalue weighted by molar-refractivity contribution is 9.10. The van der Waals surface area contributed by atoms with E-state index in [-0.39, 0.29) is 18.5 Å². The molecular weight excluding hydrogens is 579 g/mol. The number of benzene rings is 3. The first kappa shape index (κ1) is 27.3. The van der Waals surface area contributed by atoms with Crippen molar-refractivity contribution in [2.24, 2.45) is 0 Å². The van der Waals surface area contributed by atoms with Crippen LogP contribution in [0.25, 0.3) is 0 Å². The van der Waals surface area contributed by atoms with Crippen LogP contribution in [0.3, 0.4) is 0 Å². The molecule has 6 nitrogen and oxygen atoms in total. The zero-order valence-corrected chi connectivity index (χ0v) is 23.6. The molecule has 1 N–H and O–H groups in total. The molecule has 0 radical (unpaired) electrons. The van der Waals surface area contributed by atoms with Gasteiger partial charge in [-0.3, -0.25) is 4.79 Å². The van der Waals surface area contributed by atoms with Crippen LogP contribution in [0.15, 0.2) is 65.1 Å². The first-order valence-electron chi connectivity index (χ1n) is 11.8. The molecule has 1 fully saturated rings. The van der Waals surface area contributed by atoms with Gasteiger partial charge >= 0.3 is 12.0 Å². The van der Waals surface area contributed by atoms with Gasteiger partial charge in [0.05, 0.1) is 12.5 Å². The van der Waals surface area contributed by atoms with Crippen molar-refractivity contribution in [3.63, 3.8) is 0 Å². The molecule has 1 saturated heterocycles. The van der Waals surface area contributed by atoms with E-state index in [0.29, 0.717) is 47.5 Å². The highest BCUT2D eigenvalue weighted by atomic mass is 79.9. The van der Waals surface area contributed by atoms with Gasteiger partial charge in [0.15, 0.2) is 0 Å². The third-order valence-electron chi connectivity index (χ3n) is 6.69. The number of hydrogen-bond acceptors (Lipinski definition) is 4. The van der Waals surface area contributed by atoms with Gasteiger partial charge in [-0.1, -0.05) is 57.3 Å². The van der Waals surface area contributed by atoms with E-state index in [1.807, 2.05) is 43.3 Å². The minimum Gasteiger partial charge on any atom is -0.468 e. The van der Waals surface area contributed by atoms with E-state index in [2.05, 4.69) is 21.2 Å². The standard InChI is InChI=1S/C28H27BrCl2N2O4/c1-18-15-23(9-10-24(18)31)37-25-16-22(30)8-3-19(25)17-32-27(35)33-13-11-28(12-14-33,26(34)36-2)20-4-6-21(29)7-5-20/h3-10,15-16H,11-14,17H2,1-2H3,(H,32,35). The number of esters is 1. The molecule has 0 aromatic heterocycles. The van der Waals surface area contributed by atoms with Crippen LogP contribution in [0.2, 0.25) is 10.0 Å². The second kappa shape index (κ2) is 11.8. The lowest BCUT2D eigenvalue weighted by Crippen LogP contribution is -2.51. The van der Waals surface area contributed by atoms with E-state index in [0.717, 1.165) is 21.2 Å². The van der Waals surface area contributed by atoms with E-state index < -0.39 is 5.41 Å². The zero-order valence-electron chi connectivity index (χ0n) is 20.5. The maximum absolute atomic E-state index is 13.0. The number of halogens is 3. The number of piperidine rings is 1. The lowest BCUT2D eigenvalue weighted by Gasteiger charge is -2.40. The summed E-state index contributed by atoms with van der Waals surface area (Å²) in [6, 6.07) is 18.2. The highest BCUT2D eigenvalue weighted by Gasteiger charge is 2.44. The second-order valence-corrected chi connectivity index (χ2v) is 10.8. The maximum atomic E-state index is 13.0. The number of methoxy groups -OCH3 is 1. The number of aryl methyl sites for hydroxylation is 1. The fourth-order valence-electron chi connectivity index (χ4n) is 4.53. The summed E-state index contributed by atoms with van der Waals surface area (Å²) in [6.45, 7) is 3.00. The SMILES string of the molecule is COC(=O)C1(c2ccc(Br)cc2)CCN(C(=O)NCc2ccc(Cl)cc2Oc2ccc(Cl)c(C)c2)CC1. The summed E-state index contributed by atoms with van der Waals surface area (Å²) in [5.74, 6) is 0.892. The predicted molar refractivity (Wildman–Crippen MR) is 149 cm³/mol. The molecule has 4 rings (SSSR count). The normalized spacial score (nSPS) is 14.7. The van der Waals surface area contributed by atoms with Crippen molar-refractivity contribution >= 4 is 51.1 Å². The first-order chi connectivity index (χ1) is 17.7. The average molecular weight is 606 g/mol. The molecule has 194 valence electrons. The smallest absolute Gasteiger partial charge is 0.317 e. The zero-order chi connectivity index (χ0) is 26.6. The molecule has 0 aliphatic carbocycles. The Morgan fingerprint density at radius 2 is 1.73 bits per heavy atom. The molecule has 2 amide bonds. The lowest BCUT2D eigenvalue weighted by molar-refractivity contribution is -0.149. The molecule has 1 aliphatic heterocycles. The Labute approximate surface area is 235 Å². The van der Waals surface area contributed by atoms with Crippen molar-refractivity contribution in [3.8, 4) is 11.5 Å². The Morgan fingerprint density at radius 1 is 1.03 bits per heavy atom. The Balaban J connectivity index is 1.42. The van der Waals surface area contributed by atoms with Crippen LogP contribution < -0.4 is 10.1 Å². The van der Waals surface area contributed by atoms with Gasteiger partial charge in [0, 0.05) is 39.7 Å². The number of nitrogens with one attached hydrogen (secondary N) is 1. The van der Waals surface area contributed by atoms with Crippen LogP contribution >= 0.6 is 39.1 Å². The Hall–Kier alpha value is -2.74. The van der Waals surface area contributed by atoms with Gasteiger partial charge in [-0.05, 0) is 73.4 Å².